The smallest absolute Gasteiger partial charge is 0.240 e. The largest absolute Gasteiger partial charge is 0.456 e. The Morgan fingerprint density at radius 1 is 0.207 bits per heavy atom. The molecular formula is C75H45N5O2. The molecular weight excluding hydrogens is 1000 g/mol. The van der Waals surface area contributed by atoms with Crippen molar-refractivity contribution in [2.45, 2.75) is 0 Å². The van der Waals surface area contributed by atoms with Gasteiger partial charge in [0, 0.05) is 48.7 Å². The summed E-state index contributed by atoms with van der Waals surface area (Å²) in [5, 5.41) is 8.77. The zero-order valence-electron chi connectivity index (χ0n) is 44.0. The Hall–Kier alpha value is -11.2. The fraction of sp³-hybridized carbons (Fsp3) is 0. The average molecular weight is 1050 g/mol. The van der Waals surface area contributed by atoms with Crippen LogP contribution in [-0.4, -0.2) is 24.1 Å². The van der Waals surface area contributed by atoms with Gasteiger partial charge in [-0.15, -0.1) is 0 Å². The Morgan fingerprint density at radius 3 is 1.05 bits per heavy atom. The quantitative estimate of drug-likeness (QED) is 0.152. The van der Waals surface area contributed by atoms with E-state index in [0.717, 1.165) is 149 Å². The minimum atomic E-state index is 0.510. The molecule has 0 saturated carbocycles. The molecule has 7 nitrogen and oxygen atoms in total. The molecule has 82 heavy (non-hydrogen) atoms. The monoisotopic (exact) mass is 1050 g/mol. The van der Waals surface area contributed by atoms with Gasteiger partial charge in [-0.05, 0) is 153 Å². The van der Waals surface area contributed by atoms with Gasteiger partial charge in [-0.2, -0.15) is 15.0 Å². The second kappa shape index (κ2) is 18.2. The standard InChI is InChI=1S/C75H45N5O2/c1-3-16-46(17-4-1)54-39-55(47-18-5-2-6-19-47)41-56(40-54)48-20-15-21-53(38-48)73-76-74(79-65-26-11-7-22-57(65)61-42-49(30-34-67(61)79)51-32-36-71-63(44-51)59-24-9-13-28-69(59)81-71)78-75(77-73)80-66-27-12-8-23-58(66)62-43-50(31-35-68(62)80)52-33-37-72-64(45-52)60-25-10-14-29-70(60)82-72/h1-45H. The highest BCUT2D eigenvalue weighted by Crippen LogP contribution is 2.41. The van der Waals surface area contributed by atoms with E-state index >= 15 is 0 Å². The molecule has 12 aromatic carbocycles. The van der Waals surface area contributed by atoms with Gasteiger partial charge in [0.1, 0.15) is 22.3 Å². The zero-order chi connectivity index (χ0) is 53.8. The third-order valence-electron chi connectivity index (χ3n) is 16.4. The fourth-order valence-corrected chi connectivity index (χ4v) is 12.5. The van der Waals surface area contributed by atoms with Crippen LogP contribution >= 0.6 is 0 Å². The molecule has 0 atom stereocenters. The third kappa shape index (κ3) is 7.41. The van der Waals surface area contributed by atoms with Gasteiger partial charge in [0.05, 0.1) is 22.1 Å². The van der Waals surface area contributed by atoms with Gasteiger partial charge in [0.2, 0.25) is 11.9 Å². The topological polar surface area (TPSA) is 74.8 Å². The molecule has 382 valence electrons. The van der Waals surface area contributed by atoms with Gasteiger partial charge in [-0.25, -0.2) is 0 Å². The molecule has 0 N–H and O–H groups in total. The molecule has 0 amide bonds. The van der Waals surface area contributed by atoms with Crippen molar-refractivity contribution in [3.63, 3.8) is 0 Å². The van der Waals surface area contributed by atoms with Crippen LogP contribution < -0.4 is 0 Å². The number of aromatic nitrogens is 5. The number of furan rings is 2. The maximum Gasteiger partial charge on any atom is 0.240 e. The lowest BCUT2D eigenvalue weighted by Crippen LogP contribution is -2.10. The summed E-state index contributed by atoms with van der Waals surface area (Å²) in [5.41, 5.74) is 19.5. The second-order valence-corrected chi connectivity index (χ2v) is 21.2. The van der Waals surface area contributed by atoms with E-state index in [1.54, 1.807) is 0 Å². The molecule has 0 aliphatic carbocycles. The fourth-order valence-electron chi connectivity index (χ4n) is 12.5. The van der Waals surface area contributed by atoms with Crippen LogP contribution in [0, 0.1) is 0 Å². The number of hydrogen-bond acceptors (Lipinski definition) is 5. The maximum absolute atomic E-state index is 6.24. The maximum atomic E-state index is 6.24. The van der Waals surface area contributed by atoms with Crippen LogP contribution in [0.2, 0.25) is 0 Å². The Kier molecular flexibility index (Phi) is 10.2. The lowest BCUT2D eigenvalue weighted by atomic mass is 9.93. The zero-order valence-corrected chi connectivity index (χ0v) is 44.0. The van der Waals surface area contributed by atoms with Crippen molar-refractivity contribution in [3.8, 4) is 78.9 Å². The molecule has 0 spiro atoms. The predicted octanol–water partition coefficient (Wildman–Crippen LogP) is 19.9. The number of rotatable bonds is 8. The lowest BCUT2D eigenvalue weighted by Gasteiger charge is -2.14. The van der Waals surface area contributed by atoms with Crippen LogP contribution in [0.4, 0.5) is 0 Å². The van der Waals surface area contributed by atoms with Gasteiger partial charge in [0.15, 0.2) is 5.82 Å². The molecule has 0 aliphatic heterocycles. The van der Waals surface area contributed by atoms with Crippen molar-refractivity contribution >= 4 is 87.5 Å². The summed E-state index contributed by atoms with van der Waals surface area (Å²) in [6.07, 6.45) is 0. The summed E-state index contributed by atoms with van der Waals surface area (Å²) in [6, 6.07) is 96.7. The summed E-state index contributed by atoms with van der Waals surface area (Å²) < 4.78 is 16.9. The van der Waals surface area contributed by atoms with Gasteiger partial charge in [-0.1, -0.05) is 176 Å². The lowest BCUT2D eigenvalue weighted by molar-refractivity contribution is 0.668. The molecule has 17 aromatic rings. The normalized spacial score (nSPS) is 11.9. The highest BCUT2D eigenvalue weighted by Gasteiger charge is 2.23. The van der Waals surface area contributed by atoms with Crippen molar-refractivity contribution in [2.24, 2.45) is 0 Å². The van der Waals surface area contributed by atoms with Crippen LogP contribution in [0.1, 0.15) is 0 Å². The first-order chi connectivity index (χ1) is 40.6. The van der Waals surface area contributed by atoms with E-state index in [-0.39, 0.29) is 0 Å². The van der Waals surface area contributed by atoms with E-state index < -0.39 is 0 Å². The molecule has 5 aromatic heterocycles. The van der Waals surface area contributed by atoms with Gasteiger partial charge in [0.25, 0.3) is 0 Å². The first kappa shape index (κ1) is 45.8. The van der Waals surface area contributed by atoms with E-state index in [2.05, 4.69) is 258 Å². The molecule has 17 rings (SSSR count). The van der Waals surface area contributed by atoms with Gasteiger partial charge >= 0.3 is 0 Å². The number of para-hydroxylation sites is 4. The molecule has 7 heteroatoms. The third-order valence-corrected chi connectivity index (χ3v) is 16.4. The molecule has 0 aliphatic rings. The molecule has 0 unspecified atom stereocenters. The van der Waals surface area contributed by atoms with E-state index in [0.29, 0.717) is 17.7 Å². The molecule has 0 fully saturated rings. The van der Waals surface area contributed by atoms with Crippen LogP contribution in [0.5, 0.6) is 0 Å². The number of nitrogens with zero attached hydrogens (tertiary/aromatic N) is 5. The van der Waals surface area contributed by atoms with E-state index in [4.69, 9.17) is 23.8 Å². The number of fused-ring (bicyclic) bond motifs is 12. The van der Waals surface area contributed by atoms with Crippen LogP contribution in [-0.2, 0) is 0 Å². The summed E-state index contributed by atoms with van der Waals surface area (Å²) in [6.45, 7) is 0. The Balaban J connectivity index is 0.871. The van der Waals surface area contributed by atoms with Crippen molar-refractivity contribution < 1.29 is 8.83 Å². The first-order valence-corrected chi connectivity index (χ1v) is 27.6. The molecule has 0 bridgehead atoms. The van der Waals surface area contributed by atoms with Crippen molar-refractivity contribution in [1.29, 1.82) is 0 Å². The molecule has 5 heterocycles. The molecule has 0 radical (unpaired) electrons. The van der Waals surface area contributed by atoms with Crippen molar-refractivity contribution in [3.05, 3.63) is 273 Å². The minimum Gasteiger partial charge on any atom is -0.456 e. The first-order valence-electron chi connectivity index (χ1n) is 27.6. The Morgan fingerprint density at radius 2 is 0.549 bits per heavy atom. The Bertz CT molecular complexity index is 5110. The highest BCUT2D eigenvalue weighted by atomic mass is 16.3. The van der Waals surface area contributed by atoms with E-state index in [9.17, 15) is 0 Å². The summed E-state index contributed by atoms with van der Waals surface area (Å²) >= 11 is 0. The van der Waals surface area contributed by atoms with Crippen LogP contribution in [0.25, 0.3) is 166 Å². The highest BCUT2D eigenvalue weighted by molar-refractivity contribution is 6.13. The van der Waals surface area contributed by atoms with Crippen molar-refractivity contribution in [2.75, 3.05) is 0 Å². The number of hydrogen-bond donors (Lipinski definition) is 0. The average Bonchev–Trinajstić information content (AvgIpc) is 3.76. The van der Waals surface area contributed by atoms with Crippen LogP contribution in [0.15, 0.2) is 282 Å². The molecule has 0 saturated heterocycles. The van der Waals surface area contributed by atoms with E-state index in [1.165, 1.54) is 0 Å². The number of benzene rings is 12. The SMILES string of the molecule is c1ccc(-c2cc(-c3ccccc3)cc(-c3cccc(-c4nc(-n5c6ccccc6c6cc(-c7ccc8oc9ccccc9c8c7)ccc65)nc(-n5c6ccccc6c6cc(-c7ccc8oc9ccccc9c8c7)ccc65)n4)c3)c2)cc1. The summed E-state index contributed by atoms with van der Waals surface area (Å²) in [5.74, 6) is 1.57. The summed E-state index contributed by atoms with van der Waals surface area (Å²) in [4.78, 5) is 16.6. The van der Waals surface area contributed by atoms with E-state index in [1.807, 2.05) is 24.3 Å². The van der Waals surface area contributed by atoms with Gasteiger partial charge < -0.3 is 8.83 Å². The van der Waals surface area contributed by atoms with Gasteiger partial charge in [-0.3, -0.25) is 9.13 Å². The second-order valence-electron chi connectivity index (χ2n) is 21.2. The minimum absolute atomic E-state index is 0.510. The Labute approximate surface area is 469 Å². The van der Waals surface area contributed by atoms with Crippen molar-refractivity contribution in [1.82, 2.24) is 24.1 Å². The van der Waals surface area contributed by atoms with Crippen LogP contribution in [0.3, 0.4) is 0 Å². The predicted molar refractivity (Wildman–Crippen MR) is 336 cm³/mol. The summed E-state index contributed by atoms with van der Waals surface area (Å²) in [7, 11) is 0.